The molecular formula is C25H20F7NO. The highest BCUT2D eigenvalue weighted by Crippen LogP contribution is 2.42. The third-order valence-electron chi connectivity index (χ3n) is 5.99. The molecule has 2 nitrogen and oxygen atoms in total. The Labute approximate surface area is 191 Å². The van der Waals surface area contributed by atoms with E-state index < -0.39 is 47.4 Å². The van der Waals surface area contributed by atoms with Crippen LogP contribution in [-0.2, 0) is 23.5 Å². The van der Waals surface area contributed by atoms with E-state index >= 15 is 0 Å². The number of fused-ring (bicyclic) bond motifs is 1. The van der Waals surface area contributed by atoms with E-state index in [1.54, 1.807) is 24.4 Å². The maximum atomic E-state index is 13.5. The maximum absolute atomic E-state index is 13.5. The number of alkyl halides is 6. The van der Waals surface area contributed by atoms with Crippen molar-refractivity contribution >= 4 is 0 Å². The Morgan fingerprint density at radius 2 is 1.53 bits per heavy atom. The fourth-order valence-electron chi connectivity index (χ4n) is 4.35. The highest BCUT2D eigenvalue weighted by atomic mass is 19.4. The van der Waals surface area contributed by atoms with E-state index in [0.29, 0.717) is 30.5 Å². The lowest BCUT2D eigenvalue weighted by Crippen LogP contribution is -2.30. The highest BCUT2D eigenvalue weighted by Gasteiger charge is 2.38. The molecule has 0 aliphatic heterocycles. The first-order valence-corrected chi connectivity index (χ1v) is 10.6. The van der Waals surface area contributed by atoms with E-state index in [1.807, 2.05) is 6.07 Å². The van der Waals surface area contributed by atoms with E-state index in [0.717, 1.165) is 11.3 Å². The molecule has 0 spiro atoms. The molecular weight excluding hydrogens is 463 g/mol. The predicted molar refractivity (Wildman–Crippen MR) is 111 cm³/mol. The lowest BCUT2D eigenvalue weighted by Gasteiger charge is -2.35. The Morgan fingerprint density at radius 3 is 2.12 bits per heavy atom. The molecule has 4 rings (SSSR count). The second-order valence-electron chi connectivity index (χ2n) is 8.26. The van der Waals surface area contributed by atoms with Crippen LogP contribution in [0.3, 0.4) is 0 Å². The van der Waals surface area contributed by atoms with Crippen molar-refractivity contribution in [2.45, 2.75) is 50.2 Å². The molecule has 0 fully saturated rings. The maximum Gasteiger partial charge on any atom is 0.416 e. The largest absolute Gasteiger partial charge is 0.416 e. The van der Waals surface area contributed by atoms with Crippen LogP contribution in [0, 0.1) is 5.82 Å². The van der Waals surface area contributed by atoms with Gasteiger partial charge in [-0.15, -0.1) is 0 Å². The van der Waals surface area contributed by atoms with Crippen LogP contribution in [0.15, 0.2) is 60.8 Å². The number of aromatic nitrogens is 1. The van der Waals surface area contributed by atoms with E-state index in [-0.39, 0.29) is 11.6 Å². The molecule has 0 amide bonds. The van der Waals surface area contributed by atoms with Gasteiger partial charge in [-0.3, -0.25) is 4.98 Å². The fourth-order valence-corrected chi connectivity index (χ4v) is 4.35. The molecule has 1 aromatic heterocycles. The van der Waals surface area contributed by atoms with Crippen molar-refractivity contribution in [1.82, 2.24) is 4.98 Å². The molecule has 0 saturated carbocycles. The number of hydrogen-bond donors (Lipinski definition) is 0. The molecule has 3 aromatic rings. The predicted octanol–water partition coefficient (Wildman–Crippen LogP) is 7.48. The van der Waals surface area contributed by atoms with E-state index in [1.165, 1.54) is 19.1 Å². The monoisotopic (exact) mass is 483 g/mol. The Hall–Kier alpha value is -2.94. The van der Waals surface area contributed by atoms with Crippen LogP contribution in [0.25, 0.3) is 0 Å². The van der Waals surface area contributed by atoms with Crippen LogP contribution in [0.5, 0.6) is 0 Å². The van der Waals surface area contributed by atoms with Crippen LogP contribution in [0.4, 0.5) is 30.7 Å². The Balaban J connectivity index is 1.70. The number of ether oxygens (including phenoxy) is 1. The van der Waals surface area contributed by atoms with E-state index in [2.05, 4.69) is 4.98 Å². The molecule has 0 saturated heterocycles. The molecule has 1 aliphatic rings. The number of nitrogens with zero attached hydrogens (tertiary/aromatic N) is 1. The van der Waals surface area contributed by atoms with Crippen LogP contribution in [0.1, 0.15) is 58.9 Å². The van der Waals surface area contributed by atoms with Gasteiger partial charge in [-0.25, -0.2) is 4.39 Å². The van der Waals surface area contributed by atoms with Crippen LogP contribution in [-0.4, -0.2) is 11.1 Å². The molecule has 1 aliphatic carbocycles. The standard InChI is InChI=1S/C25H20F7NO/c1-14(16-11-17(24(27,28)29)13-18(12-16)25(30,31)32)34-22-9-8-21-20(3-2-10-33-21)23(22)15-4-6-19(26)7-5-15/h2-7,10-14,22-23H,8-9H2,1H3. The van der Waals surface area contributed by atoms with Crippen molar-refractivity contribution < 1.29 is 35.5 Å². The molecule has 0 bridgehead atoms. The minimum atomic E-state index is -4.94. The average Bonchev–Trinajstić information content (AvgIpc) is 2.78. The van der Waals surface area contributed by atoms with Gasteiger partial charge < -0.3 is 4.74 Å². The smallest absolute Gasteiger partial charge is 0.370 e. The number of halogens is 7. The van der Waals surface area contributed by atoms with Gasteiger partial charge in [-0.05, 0) is 72.9 Å². The minimum absolute atomic E-state index is 0.0973. The van der Waals surface area contributed by atoms with Gasteiger partial charge in [-0.2, -0.15) is 26.3 Å². The molecule has 0 N–H and O–H groups in total. The third kappa shape index (κ3) is 5.09. The zero-order valence-corrected chi connectivity index (χ0v) is 17.9. The molecule has 9 heteroatoms. The van der Waals surface area contributed by atoms with Crippen molar-refractivity contribution in [3.05, 3.63) is 100 Å². The highest BCUT2D eigenvalue weighted by molar-refractivity contribution is 5.39. The Bertz CT molecular complexity index is 1120. The third-order valence-corrected chi connectivity index (χ3v) is 5.99. The van der Waals surface area contributed by atoms with Gasteiger partial charge in [0.25, 0.3) is 0 Å². The number of hydrogen-bond acceptors (Lipinski definition) is 2. The zero-order chi connectivity index (χ0) is 24.7. The molecule has 2 aromatic carbocycles. The number of pyridine rings is 1. The first kappa shape index (κ1) is 24.2. The minimum Gasteiger partial charge on any atom is -0.370 e. The van der Waals surface area contributed by atoms with Crippen molar-refractivity contribution in [2.75, 3.05) is 0 Å². The van der Waals surface area contributed by atoms with Crippen molar-refractivity contribution in [2.24, 2.45) is 0 Å². The molecule has 34 heavy (non-hydrogen) atoms. The van der Waals surface area contributed by atoms with Crippen molar-refractivity contribution in [3.8, 4) is 0 Å². The number of rotatable bonds is 4. The molecule has 3 atom stereocenters. The second-order valence-corrected chi connectivity index (χ2v) is 8.26. The number of aryl methyl sites for hydroxylation is 1. The van der Waals surface area contributed by atoms with Gasteiger partial charge in [0.2, 0.25) is 0 Å². The van der Waals surface area contributed by atoms with Gasteiger partial charge in [0, 0.05) is 17.8 Å². The van der Waals surface area contributed by atoms with Gasteiger partial charge in [0.05, 0.1) is 23.3 Å². The summed E-state index contributed by atoms with van der Waals surface area (Å²) < 4.78 is 99.4. The molecule has 0 radical (unpaired) electrons. The second kappa shape index (κ2) is 9.02. The van der Waals surface area contributed by atoms with Crippen LogP contribution >= 0.6 is 0 Å². The van der Waals surface area contributed by atoms with E-state index in [4.69, 9.17) is 4.74 Å². The Morgan fingerprint density at radius 1 is 0.912 bits per heavy atom. The summed E-state index contributed by atoms with van der Waals surface area (Å²) in [7, 11) is 0. The summed E-state index contributed by atoms with van der Waals surface area (Å²) >= 11 is 0. The summed E-state index contributed by atoms with van der Waals surface area (Å²) in [4.78, 5) is 4.38. The lowest BCUT2D eigenvalue weighted by molar-refractivity contribution is -0.143. The SMILES string of the molecule is CC(OC1CCc2ncccc2C1c1ccc(F)cc1)c1cc(C(F)(F)F)cc(C(F)(F)F)c1. The molecule has 1 heterocycles. The van der Waals surface area contributed by atoms with Crippen LogP contribution in [0.2, 0.25) is 0 Å². The summed E-state index contributed by atoms with van der Waals surface area (Å²) in [5.74, 6) is -0.839. The lowest BCUT2D eigenvalue weighted by atomic mass is 9.78. The van der Waals surface area contributed by atoms with Gasteiger partial charge in [0.15, 0.2) is 0 Å². The van der Waals surface area contributed by atoms with Crippen molar-refractivity contribution in [1.29, 1.82) is 0 Å². The summed E-state index contributed by atoms with van der Waals surface area (Å²) in [5.41, 5.74) is -0.632. The normalized spacial score (nSPS) is 19.5. The molecule has 180 valence electrons. The first-order chi connectivity index (χ1) is 15.9. The summed E-state index contributed by atoms with van der Waals surface area (Å²) in [6.45, 7) is 1.43. The first-order valence-electron chi connectivity index (χ1n) is 10.6. The summed E-state index contributed by atoms with van der Waals surface area (Å²) in [6.07, 6.45) is -8.89. The van der Waals surface area contributed by atoms with Gasteiger partial charge in [0.1, 0.15) is 5.82 Å². The quantitative estimate of drug-likeness (QED) is 0.359. The number of benzene rings is 2. The summed E-state index contributed by atoms with van der Waals surface area (Å²) in [5, 5.41) is 0. The fraction of sp³-hybridized carbons (Fsp3) is 0.320. The average molecular weight is 483 g/mol. The zero-order valence-electron chi connectivity index (χ0n) is 17.9. The van der Waals surface area contributed by atoms with E-state index in [9.17, 15) is 30.7 Å². The van der Waals surface area contributed by atoms with Gasteiger partial charge >= 0.3 is 12.4 Å². The van der Waals surface area contributed by atoms with Gasteiger partial charge in [-0.1, -0.05) is 18.2 Å². The topological polar surface area (TPSA) is 22.1 Å². The molecule has 3 unspecified atom stereocenters. The Kier molecular flexibility index (Phi) is 6.42. The van der Waals surface area contributed by atoms with Crippen LogP contribution < -0.4 is 0 Å². The summed E-state index contributed by atoms with van der Waals surface area (Å²) in [6, 6.07) is 10.8. The van der Waals surface area contributed by atoms with Crippen molar-refractivity contribution in [3.63, 3.8) is 0 Å².